The van der Waals surface area contributed by atoms with Crippen LogP contribution in [0.5, 0.6) is 0 Å². The largest absolute Gasteiger partial charge is 0.390 e. The van der Waals surface area contributed by atoms with Crippen molar-refractivity contribution in [3.8, 4) is 0 Å². The fraction of sp³-hybridized carbons (Fsp3) is 0.778. The zero-order chi connectivity index (χ0) is 7.19. The first kappa shape index (κ1) is 6.41. The second kappa shape index (κ2) is 1.85. The van der Waals surface area contributed by atoms with Crippen molar-refractivity contribution >= 4 is 0 Å². The minimum Gasteiger partial charge on any atom is -0.390 e. The molecule has 1 N–H and O–H groups in total. The number of rotatable bonds is 0. The molecule has 0 aromatic carbocycles. The van der Waals surface area contributed by atoms with E-state index in [0.29, 0.717) is 11.8 Å². The summed E-state index contributed by atoms with van der Waals surface area (Å²) >= 11 is 0. The molecular formula is C9H14O. The first-order valence-electron chi connectivity index (χ1n) is 4.09. The quantitative estimate of drug-likeness (QED) is 0.505. The average molecular weight is 138 g/mol. The zero-order valence-electron chi connectivity index (χ0n) is 6.38. The molecule has 10 heavy (non-hydrogen) atoms. The lowest BCUT2D eigenvalue weighted by molar-refractivity contribution is -0.0326. The standard InChI is InChI=1S/C9H14O/c1-9(10)6-7-2-4-8(9)5-3-7/h2,4,7-8,10H,3,5-6H2,1H3. The van der Waals surface area contributed by atoms with Gasteiger partial charge in [0.2, 0.25) is 0 Å². The van der Waals surface area contributed by atoms with Crippen LogP contribution in [-0.4, -0.2) is 10.7 Å². The van der Waals surface area contributed by atoms with E-state index < -0.39 is 5.60 Å². The van der Waals surface area contributed by atoms with Gasteiger partial charge in [0.15, 0.2) is 0 Å². The predicted octanol–water partition coefficient (Wildman–Crippen LogP) is 1.72. The molecule has 0 aliphatic heterocycles. The van der Waals surface area contributed by atoms with Gasteiger partial charge in [-0.3, -0.25) is 0 Å². The van der Waals surface area contributed by atoms with E-state index in [0.717, 1.165) is 6.42 Å². The van der Waals surface area contributed by atoms with Crippen molar-refractivity contribution in [2.75, 3.05) is 0 Å². The van der Waals surface area contributed by atoms with Crippen LogP contribution in [0, 0.1) is 11.8 Å². The van der Waals surface area contributed by atoms with Crippen molar-refractivity contribution in [1.29, 1.82) is 0 Å². The molecule has 0 amide bonds. The molecule has 3 aliphatic rings. The highest BCUT2D eigenvalue weighted by Gasteiger charge is 2.39. The summed E-state index contributed by atoms with van der Waals surface area (Å²) in [6.07, 6.45) is 7.92. The van der Waals surface area contributed by atoms with Crippen molar-refractivity contribution in [2.45, 2.75) is 31.8 Å². The van der Waals surface area contributed by atoms with Crippen LogP contribution < -0.4 is 0 Å². The minimum atomic E-state index is -0.391. The van der Waals surface area contributed by atoms with E-state index in [1.807, 2.05) is 6.92 Å². The van der Waals surface area contributed by atoms with Gasteiger partial charge < -0.3 is 5.11 Å². The number of fused-ring (bicyclic) bond motifs is 2. The van der Waals surface area contributed by atoms with E-state index in [-0.39, 0.29) is 0 Å². The topological polar surface area (TPSA) is 20.2 Å². The highest BCUT2D eigenvalue weighted by Crippen LogP contribution is 2.42. The van der Waals surface area contributed by atoms with E-state index in [9.17, 15) is 5.11 Å². The number of aliphatic hydroxyl groups is 1. The molecule has 3 unspecified atom stereocenters. The Morgan fingerprint density at radius 3 is 2.40 bits per heavy atom. The molecule has 0 spiro atoms. The molecule has 0 saturated heterocycles. The summed E-state index contributed by atoms with van der Waals surface area (Å²) in [5, 5.41) is 9.81. The van der Waals surface area contributed by atoms with E-state index in [1.54, 1.807) is 0 Å². The summed E-state index contributed by atoms with van der Waals surface area (Å²) in [5.41, 5.74) is -0.391. The normalized spacial score (nSPS) is 51.8. The molecule has 1 saturated carbocycles. The molecule has 2 bridgehead atoms. The third kappa shape index (κ3) is 0.807. The molecule has 0 radical (unpaired) electrons. The molecule has 1 fully saturated rings. The SMILES string of the molecule is CC1(O)CC2C=CC1CC2. The maximum atomic E-state index is 9.81. The maximum absolute atomic E-state index is 9.81. The van der Waals surface area contributed by atoms with Crippen LogP contribution >= 0.6 is 0 Å². The number of allylic oxidation sites excluding steroid dienone is 1. The van der Waals surface area contributed by atoms with Gasteiger partial charge >= 0.3 is 0 Å². The highest BCUT2D eigenvalue weighted by atomic mass is 16.3. The van der Waals surface area contributed by atoms with Gasteiger partial charge in [-0.05, 0) is 32.1 Å². The lowest BCUT2D eigenvalue weighted by Gasteiger charge is -2.42. The minimum absolute atomic E-state index is 0.391. The van der Waals surface area contributed by atoms with Crippen LogP contribution in [-0.2, 0) is 0 Å². The third-order valence-electron chi connectivity index (χ3n) is 2.94. The predicted molar refractivity (Wildman–Crippen MR) is 40.6 cm³/mol. The van der Waals surface area contributed by atoms with E-state index in [2.05, 4.69) is 12.2 Å². The Balaban J connectivity index is 2.27. The first-order valence-corrected chi connectivity index (χ1v) is 4.09. The van der Waals surface area contributed by atoms with Crippen molar-refractivity contribution in [2.24, 2.45) is 11.8 Å². The van der Waals surface area contributed by atoms with Crippen LogP contribution in [0.15, 0.2) is 12.2 Å². The fourth-order valence-electron chi connectivity index (χ4n) is 2.25. The average Bonchev–Trinajstić information content (AvgIpc) is 1.87. The summed E-state index contributed by atoms with van der Waals surface area (Å²) in [6, 6.07) is 0. The van der Waals surface area contributed by atoms with Crippen LogP contribution in [0.1, 0.15) is 26.2 Å². The second-order valence-electron chi connectivity index (χ2n) is 3.89. The molecule has 0 aromatic rings. The fourth-order valence-corrected chi connectivity index (χ4v) is 2.25. The van der Waals surface area contributed by atoms with Crippen molar-refractivity contribution in [3.05, 3.63) is 12.2 Å². The molecule has 3 aliphatic carbocycles. The summed E-state index contributed by atoms with van der Waals surface area (Å²) < 4.78 is 0. The Kier molecular flexibility index (Phi) is 1.19. The van der Waals surface area contributed by atoms with Gasteiger partial charge in [0.05, 0.1) is 5.60 Å². The lowest BCUT2D eigenvalue weighted by atomic mass is 9.67. The van der Waals surface area contributed by atoms with Crippen LogP contribution in [0.25, 0.3) is 0 Å². The molecule has 3 rings (SSSR count). The number of hydrogen-bond donors (Lipinski definition) is 1. The van der Waals surface area contributed by atoms with Crippen molar-refractivity contribution in [3.63, 3.8) is 0 Å². The molecule has 1 heteroatoms. The molecule has 3 atom stereocenters. The van der Waals surface area contributed by atoms with Crippen LogP contribution in [0.2, 0.25) is 0 Å². The Morgan fingerprint density at radius 2 is 2.20 bits per heavy atom. The smallest absolute Gasteiger partial charge is 0.0687 e. The Morgan fingerprint density at radius 1 is 1.40 bits per heavy atom. The molecule has 1 nitrogen and oxygen atoms in total. The van der Waals surface area contributed by atoms with E-state index in [1.165, 1.54) is 12.8 Å². The van der Waals surface area contributed by atoms with Gasteiger partial charge in [0.25, 0.3) is 0 Å². The summed E-state index contributed by atoms with van der Waals surface area (Å²) in [5.74, 6) is 1.11. The van der Waals surface area contributed by atoms with Gasteiger partial charge in [-0.15, -0.1) is 0 Å². The first-order chi connectivity index (χ1) is 4.68. The van der Waals surface area contributed by atoms with Gasteiger partial charge in [-0.25, -0.2) is 0 Å². The van der Waals surface area contributed by atoms with Gasteiger partial charge in [-0.1, -0.05) is 12.2 Å². The van der Waals surface area contributed by atoms with Crippen LogP contribution in [0.4, 0.5) is 0 Å². The van der Waals surface area contributed by atoms with Crippen molar-refractivity contribution < 1.29 is 5.11 Å². The maximum Gasteiger partial charge on any atom is 0.0687 e. The summed E-state index contributed by atoms with van der Waals surface area (Å²) in [4.78, 5) is 0. The van der Waals surface area contributed by atoms with Crippen molar-refractivity contribution in [1.82, 2.24) is 0 Å². The molecule has 0 aromatic heterocycles. The molecular weight excluding hydrogens is 124 g/mol. The lowest BCUT2D eigenvalue weighted by Crippen LogP contribution is -2.42. The molecule has 0 heterocycles. The van der Waals surface area contributed by atoms with E-state index in [4.69, 9.17) is 0 Å². The monoisotopic (exact) mass is 138 g/mol. The summed E-state index contributed by atoms with van der Waals surface area (Å²) in [6.45, 7) is 1.97. The third-order valence-corrected chi connectivity index (χ3v) is 2.94. The molecule has 56 valence electrons. The van der Waals surface area contributed by atoms with Crippen LogP contribution in [0.3, 0.4) is 0 Å². The number of hydrogen-bond acceptors (Lipinski definition) is 1. The zero-order valence-corrected chi connectivity index (χ0v) is 6.38. The Bertz CT molecular complexity index is 170. The summed E-state index contributed by atoms with van der Waals surface area (Å²) in [7, 11) is 0. The Hall–Kier alpha value is -0.300. The second-order valence-corrected chi connectivity index (χ2v) is 3.89. The van der Waals surface area contributed by atoms with Gasteiger partial charge in [-0.2, -0.15) is 0 Å². The van der Waals surface area contributed by atoms with Gasteiger partial charge in [0.1, 0.15) is 0 Å². The Labute approximate surface area is 61.8 Å². The van der Waals surface area contributed by atoms with Gasteiger partial charge in [0, 0.05) is 5.92 Å². The van der Waals surface area contributed by atoms with E-state index >= 15 is 0 Å². The highest BCUT2D eigenvalue weighted by molar-refractivity contribution is 5.11.